The van der Waals surface area contributed by atoms with Gasteiger partial charge < -0.3 is 20.2 Å². The number of carboxylic acid groups (broad SMARTS) is 1. The van der Waals surface area contributed by atoms with Crippen LogP contribution in [0.3, 0.4) is 0 Å². The number of hydrogen-bond donors (Lipinski definition) is 3. The van der Waals surface area contributed by atoms with Gasteiger partial charge in [-0.15, -0.1) is 0 Å². The first-order valence-corrected chi connectivity index (χ1v) is 14.5. The Hall–Kier alpha value is -3.74. The van der Waals surface area contributed by atoms with Crippen molar-refractivity contribution in [1.29, 1.82) is 0 Å². The van der Waals surface area contributed by atoms with Crippen molar-refractivity contribution < 1.29 is 27.1 Å². The highest BCUT2D eigenvalue weighted by Crippen LogP contribution is 2.37. The Labute approximate surface area is 223 Å². The van der Waals surface area contributed by atoms with Gasteiger partial charge in [0.15, 0.2) is 9.84 Å². The first-order chi connectivity index (χ1) is 18.4. The molecule has 206 valence electrons. The van der Waals surface area contributed by atoms with Crippen LogP contribution in [0.1, 0.15) is 46.8 Å². The zero-order chi connectivity index (χ0) is 28.1. The van der Waals surface area contributed by atoms with Gasteiger partial charge in [0.2, 0.25) is 0 Å². The largest absolute Gasteiger partial charge is 0.477 e. The fraction of sp³-hybridized carbons (Fsp3) is 0.333. The molecule has 4 aromatic rings. The number of sulfone groups is 1. The van der Waals surface area contributed by atoms with Crippen LogP contribution in [0.4, 0.5) is 4.39 Å². The molecule has 5 rings (SSSR count). The summed E-state index contributed by atoms with van der Waals surface area (Å²) in [7, 11) is -3.46. The van der Waals surface area contributed by atoms with Gasteiger partial charge in [-0.25, -0.2) is 22.4 Å². The highest BCUT2D eigenvalue weighted by Gasteiger charge is 2.25. The number of carboxylic acids is 1. The normalized spacial score (nSPS) is 17.2. The number of rotatable bonds is 8. The number of nitrogens with two attached hydrogens (primary N) is 1. The second-order valence-electron chi connectivity index (χ2n) is 10.2. The van der Waals surface area contributed by atoms with Crippen molar-refractivity contribution in [1.82, 2.24) is 14.5 Å². The minimum absolute atomic E-state index is 0.00155. The Morgan fingerprint density at radius 1 is 1.31 bits per heavy atom. The number of aromatic amines is 1. The molecule has 1 saturated heterocycles. The van der Waals surface area contributed by atoms with Gasteiger partial charge in [-0.3, -0.25) is 9.47 Å². The second-order valence-corrected chi connectivity index (χ2v) is 12.3. The third kappa shape index (κ3) is 5.40. The van der Waals surface area contributed by atoms with E-state index in [1.807, 2.05) is 6.92 Å². The van der Waals surface area contributed by atoms with E-state index in [1.54, 1.807) is 24.4 Å². The summed E-state index contributed by atoms with van der Waals surface area (Å²) in [5.74, 6) is -2.48. The molecule has 10 nitrogen and oxygen atoms in total. The van der Waals surface area contributed by atoms with Gasteiger partial charge in [-0.1, -0.05) is 30.3 Å². The summed E-state index contributed by atoms with van der Waals surface area (Å²) >= 11 is 0. The lowest BCUT2D eigenvalue weighted by molar-refractivity contribution is 0.0692. The third-order valence-corrected chi connectivity index (χ3v) is 7.94. The van der Waals surface area contributed by atoms with Gasteiger partial charge in [0.05, 0.1) is 30.1 Å². The van der Waals surface area contributed by atoms with Crippen LogP contribution in [-0.4, -0.2) is 59.3 Å². The van der Waals surface area contributed by atoms with E-state index in [-0.39, 0.29) is 28.4 Å². The summed E-state index contributed by atoms with van der Waals surface area (Å²) < 4.78 is 45.1. The fourth-order valence-corrected chi connectivity index (χ4v) is 6.07. The van der Waals surface area contributed by atoms with E-state index in [1.165, 1.54) is 16.7 Å². The molecule has 39 heavy (non-hydrogen) atoms. The summed E-state index contributed by atoms with van der Waals surface area (Å²) in [6.45, 7) is 3.82. The molecule has 0 spiro atoms. The number of hydrogen-bond acceptors (Lipinski definition) is 7. The van der Waals surface area contributed by atoms with E-state index in [4.69, 9.17) is 10.2 Å². The Bertz CT molecular complexity index is 1740. The van der Waals surface area contributed by atoms with Crippen LogP contribution in [0.5, 0.6) is 0 Å². The number of benzene rings is 2. The Kier molecular flexibility index (Phi) is 6.95. The number of likely N-dealkylation sites (tertiary alicyclic amines) is 1. The van der Waals surface area contributed by atoms with Crippen LogP contribution in [0.25, 0.3) is 22.0 Å². The average molecular weight is 557 g/mol. The van der Waals surface area contributed by atoms with Crippen molar-refractivity contribution in [3.8, 4) is 11.1 Å². The number of aromatic nitrogens is 2. The molecule has 12 heteroatoms. The van der Waals surface area contributed by atoms with Gasteiger partial charge in [-0.2, -0.15) is 0 Å². The summed E-state index contributed by atoms with van der Waals surface area (Å²) in [6.07, 6.45) is 3.56. The molecule has 1 fully saturated rings. The van der Waals surface area contributed by atoms with Gasteiger partial charge in [0.25, 0.3) is 0 Å². The SMILES string of the molecule is CC(c1cccc2c(-c3ccc(CS(C)(=O)=O)c(F)c3)c(C(=O)O)[nH]c12)n1cc(CN2CC[C@@H](N)C2)oc1=O. The van der Waals surface area contributed by atoms with Gasteiger partial charge in [0, 0.05) is 41.9 Å². The predicted octanol–water partition coefficient (Wildman–Crippen LogP) is 3.11. The zero-order valence-electron chi connectivity index (χ0n) is 21.5. The van der Waals surface area contributed by atoms with Crippen LogP contribution in [0.15, 0.2) is 51.8 Å². The number of carbonyl (C=O) groups is 1. The van der Waals surface area contributed by atoms with Crippen LogP contribution in [0.2, 0.25) is 0 Å². The number of aromatic carboxylic acids is 1. The number of oxazole rings is 1. The molecule has 0 bridgehead atoms. The van der Waals surface area contributed by atoms with Crippen molar-refractivity contribution in [3.63, 3.8) is 0 Å². The lowest BCUT2D eigenvalue weighted by Gasteiger charge is -2.14. The molecule has 0 aliphatic carbocycles. The molecule has 3 heterocycles. The molecule has 2 aromatic heterocycles. The van der Waals surface area contributed by atoms with E-state index in [0.29, 0.717) is 28.8 Å². The summed E-state index contributed by atoms with van der Waals surface area (Å²) in [6, 6.07) is 8.83. The highest BCUT2D eigenvalue weighted by molar-refractivity contribution is 7.89. The minimum Gasteiger partial charge on any atom is -0.477 e. The van der Waals surface area contributed by atoms with E-state index < -0.39 is 39.2 Å². The zero-order valence-corrected chi connectivity index (χ0v) is 22.3. The number of fused-ring (bicyclic) bond motifs is 1. The molecule has 1 aliphatic heterocycles. The van der Waals surface area contributed by atoms with Gasteiger partial charge >= 0.3 is 11.7 Å². The Balaban J connectivity index is 1.55. The van der Waals surface area contributed by atoms with E-state index in [0.717, 1.165) is 31.8 Å². The van der Waals surface area contributed by atoms with Gasteiger partial charge in [-0.05, 0) is 30.5 Å². The maximum Gasteiger partial charge on any atom is 0.419 e. The molecule has 0 radical (unpaired) electrons. The summed E-state index contributed by atoms with van der Waals surface area (Å²) in [5, 5.41) is 10.5. The monoisotopic (exact) mass is 556 g/mol. The molecule has 0 saturated carbocycles. The molecular formula is C27H29FN4O6S. The predicted molar refractivity (Wildman–Crippen MR) is 144 cm³/mol. The van der Waals surface area contributed by atoms with E-state index >= 15 is 0 Å². The Morgan fingerprint density at radius 3 is 2.72 bits per heavy atom. The lowest BCUT2D eigenvalue weighted by Crippen LogP contribution is -2.26. The average Bonchev–Trinajstić information content (AvgIpc) is 3.55. The second kappa shape index (κ2) is 10.1. The molecule has 2 aromatic carbocycles. The minimum atomic E-state index is -3.46. The van der Waals surface area contributed by atoms with E-state index in [9.17, 15) is 27.5 Å². The van der Waals surface area contributed by atoms with E-state index in [2.05, 4.69) is 9.88 Å². The van der Waals surface area contributed by atoms with Crippen molar-refractivity contribution in [3.05, 3.63) is 81.5 Å². The molecule has 1 unspecified atom stereocenters. The van der Waals surface area contributed by atoms with Gasteiger partial charge in [0.1, 0.15) is 17.3 Å². The molecule has 1 aliphatic rings. The Morgan fingerprint density at radius 2 is 2.08 bits per heavy atom. The van der Waals surface area contributed by atoms with Crippen LogP contribution in [-0.2, 0) is 22.1 Å². The highest BCUT2D eigenvalue weighted by atomic mass is 32.2. The van der Waals surface area contributed by atoms with Crippen LogP contribution in [0, 0.1) is 5.82 Å². The lowest BCUT2D eigenvalue weighted by atomic mass is 9.98. The fourth-order valence-electron chi connectivity index (χ4n) is 5.27. The van der Waals surface area contributed by atoms with Crippen molar-refractivity contribution in [2.24, 2.45) is 5.73 Å². The van der Waals surface area contributed by atoms with Crippen LogP contribution < -0.4 is 11.5 Å². The quantitative estimate of drug-likeness (QED) is 0.299. The smallest absolute Gasteiger partial charge is 0.419 e. The summed E-state index contributed by atoms with van der Waals surface area (Å²) in [4.78, 5) is 30.1. The molecule has 2 atom stereocenters. The number of H-pyrrole nitrogens is 1. The summed E-state index contributed by atoms with van der Waals surface area (Å²) in [5.41, 5.74) is 7.51. The van der Waals surface area contributed by atoms with Crippen molar-refractivity contribution in [2.45, 2.75) is 37.7 Å². The number of nitrogens with one attached hydrogen (secondary N) is 1. The maximum atomic E-state index is 14.9. The first-order valence-electron chi connectivity index (χ1n) is 12.4. The molecular weight excluding hydrogens is 527 g/mol. The standard InChI is InChI=1S/C27H29FN4O6S/c1-15(32-13-19(38-27(32)35)12-31-9-8-18(29)11-31)20-4-3-5-21-23(25(26(33)34)30-24(20)21)16-6-7-17(22(28)10-16)14-39(2,36)37/h3-7,10,13,15,18,30H,8-9,11-12,14,29H2,1-2H3,(H,33,34)/t15?,18-/m1/s1. The number of nitrogens with zero attached hydrogens (tertiary/aromatic N) is 2. The van der Waals surface area contributed by atoms with Crippen molar-refractivity contribution in [2.75, 3.05) is 19.3 Å². The number of para-hydroxylation sites is 1. The molecule has 0 amide bonds. The van der Waals surface area contributed by atoms with Crippen molar-refractivity contribution >= 4 is 26.7 Å². The first kappa shape index (κ1) is 26.9. The molecule has 4 N–H and O–H groups in total. The maximum absolute atomic E-state index is 14.9. The van der Waals surface area contributed by atoms with Crippen LogP contribution >= 0.6 is 0 Å². The third-order valence-electron chi connectivity index (χ3n) is 7.11. The number of halogens is 1. The topological polar surface area (TPSA) is 152 Å².